The van der Waals surface area contributed by atoms with E-state index < -0.39 is 0 Å². The number of benzene rings is 1. The van der Waals surface area contributed by atoms with Crippen LogP contribution in [0.4, 0.5) is 0 Å². The number of aryl methyl sites for hydroxylation is 1. The summed E-state index contributed by atoms with van der Waals surface area (Å²) in [6.45, 7) is 10.1. The van der Waals surface area contributed by atoms with E-state index in [9.17, 15) is 4.79 Å². The average molecular weight is 524 g/mol. The van der Waals surface area contributed by atoms with Crippen molar-refractivity contribution in [2.45, 2.75) is 33.2 Å². The number of carbonyl (C=O) groups excluding carboxylic acids is 1. The van der Waals surface area contributed by atoms with E-state index in [0.717, 1.165) is 37.6 Å². The Morgan fingerprint density at radius 2 is 2.17 bits per heavy atom. The second-order valence-electron chi connectivity index (χ2n) is 7.65. The van der Waals surface area contributed by atoms with Crippen LogP contribution in [-0.4, -0.2) is 59.0 Å². The fourth-order valence-corrected chi connectivity index (χ4v) is 3.74. The van der Waals surface area contributed by atoms with Crippen molar-refractivity contribution in [1.82, 2.24) is 25.1 Å². The molecule has 0 bridgehead atoms. The van der Waals surface area contributed by atoms with Crippen LogP contribution in [0.1, 0.15) is 42.2 Å². The highest BCUT2D eigenvalue weighted by Gasteiger charge is 2.28. The predicted molar refractivity (Wildman–Crippen MR) is 132 cm³/mol. The van der Waals surface area contributed by atoms with Crippen molar-refractivity contribution in [2.24, 2.45) is 10.9 Å². The summed E-state index contributed by atoms with van der Waals surface area (Å²) in [5, 5.41) is 6.36. The lowest BCUT2D eigenvalue weighted by atomic mass is 9.93. The zero-order valence-electron chi connectivity index (χ0n) is 18.0. The normalized spacial score (nSPS) is 19.2. The van der Waals surface area contributed by atoms with E-state index in [0.29, 0.717) is 30.6 Å². The molecule has 0 aliphatic carbocycles. The average Bonchev–Trinajstić information content (AvgIpc) is 3.25. The van der Waals surface area contributed by atoms with Gasteiger partial charge in [-0.05, 0) is 38.3 Å². The Labute approximate surface area is 196 Å². The van der Waals surface area contributed by atoms with E-state index in [2.05, 4.69) is 38.9 Å². The molecule has 2 atom stereocenters. The predicted octanol–water partition coefficient (Wildman–Crippen LogP) is 3.09. The number of imidazole rings is 1. The first kappa shape index (κ1) is 24.2. The van der Waals surface area contributed by atoms with Gasteiger partial charge in [0.1, 0.15) is 0 Å². The molecule has 164 valence electrons. The van der Waals surface area contributed by atoms with Crippen LogP contribution in [0.5, 0.6) is 0 Å². The van der Waals surface area contributed by atoms with E-state index in [-0.39, 0.29) is 29.9 Å². The lowest BCUT2D eigenvalue weighted by Gasteiger charge is -2.39. The molecular formula is C22H33IN6O. The van der Waals surface area contributed by atoms with Gasteiger partial charge in [-0.1, -0.05) is 24.6 Å². The highest BCUT2D eigenvalue weighted by molar-refractivity contribution is 14.0. The summed E-state index contributed by atoms with van der Waals surface area (Å²) < 4.78 is 2.20. The molecule has 0 spiro atoms. The first-order chi connectivity index (χ1) is 14.1. The fourth-order valence-electron chi connectivity index (χ4n) is 3.74. The second-order valence-corrected chi connectivity index (χ2v) is 7.65. The molecule has 1 fully saturated rings. The summed E-state index contributed by atoms with van der Waals surface area (Å²) in [7, 11) is 0. The maximum Gasteiger partial charge on any atom is 0.251 e. The third-order valence-electron chi connectivity index (χ3n) is 5.40. The van der Waals surface area contributed by atoms with Crippen molar-refractivity contribution in [2.75, 3.05) is 32.7 Å². The zero-order chi connectivity index (χ0) is 20.6. The maximum atomic E-state index is 12.3. The van der Waals surface area contributed by atoms with Crippen molar-refractivity contribution in [1.29, 1.82) is 0 Å². The molecule has 30 heavy (non-hydrogen) atoms. The minimum atomic E-state index is -0.0548. The molecule has 1 aliphatic heterocycles. The molecular weight excluding hydrogens is 491 g/mol. The number of nitrogens with zero attached hydrogens (tertiary/aromatic N) is 4. The van der Waals surface area contributed by atoms with Crippen LogP contribution >= 0.6 is 24.0 Å². The number of guanidine groups is 1. The molecule has 0 saturated carbocycles. The quantitative estimate of drug-likeness (QED) is 0.264. The van der Waals surface area contributed by atoms with Gasteiger partial charge in [0.25, 0.3) is 5.91 Å². The SMILES string of the molecule is CCNC(=NCCNC(=O)c1cccc(C)c1)N1CCC(C)C(n2ccnc2)C1.I. The number of halogens is 1. The number of aromatic nitrogens is 2. The lowest BCUT2D eigenvalue weighted by Crippen LogP contribution is -2.49. The number of piperidine rings is 1. The van der Waals surface area contributed by atoms with Crippen LogP contribution in [0.15, 0.2) is 48.0 Å². The van der Waals surface area contributed by atoms with Crippen molar-refractivity contribution < 1.29 is 4.79 Å². The summed E-state index contributed by atoms with van der Waals surface area (Å²) in [4.78, 5) is 23.6. The molecule has 2 heterocycles. The highest BCUT2D eigenvalue weighted by atomic mass is 127. The zero-order valence-corrected chi connectivity index (χ0v) is 20.4. The number of hydrogen-bond donors (Lipinski definition) is 2. The topological polar surface area (TPSA) is 74.6 Å². The number of hydrogen-bond acceptors (Lipinski definition) is 3. The van der Waals surface area contributed by atoms with Gasteiger partial charge in [-0.3, -0.25) is 9.79 Å². The molecule has 1 aromatic carbocycles. The molecule has 2 aromatic rings. The largest absolute Gasteiger partial charge is 0.357 e. The van der Waals surface area contributed by atoms with Crippen LogP contribution in [-0.2, 0) is 0 Å². The summed E-state index contributed by atoms with van der Waals surface area (Å²) in [5.74, 6) is 1.45. The molecule has 3 rings (SSSR count). The number of carbonyl (C=O) groups is 1. The van der Waals surface area contributed by atoms with E-state index in [1.54, 1.807) is 0 Å². The molecule has 8 heteroatoms. The first-order valence-electron chi connectivity index (χ1n) is 10.4. The third-order valence-corrected chi connectivity index (χ3v) is 5.40. The Bertz CT molecular complexity index is 823. The molecule has 2 unspecified atom stereocenters. The van der Waals surface area contributed by atoms with Crippen LogP contribution in [0.2, 0.25) is 0 Å². The Morgan fingerprint density at radius 1 is 1.33 bits per heavy atom. The first-order valence-corrected chi connectivity index (χ1v) is 10.4. The Morgan fingerprint density at radius 3 is 2.87 bits per heavy atom. The van der Waals surface area contributed by atoms with Gasteiger partial charge < -0.3 is 20.1 Å². The van der Waals surface area contributed by atoms with Gasteiger partial charge in [-0.25, -0.2) is 4.98 Å². The summed E-state index contributed by atoms with van der Waals surface area (Å²) >= 11 is 0. The van der Waals surface area contributed by atoms with Crippen molar-refractivity contribution in [3.63, 3.8) is 0 Å². The van der Waals surface area contributed by atoms with Gasteiger partial charge >= 0.3 is 0 Å². The summed E-state index contributed by atoms with van der Waals surface area (Å²) in [6.07, 6.45) is 6.88. The fraction of sp³-hybridized carbons (Fsp3) is 0.500. The highest BCUT2D eigenvalue weighted by Crippen LogP contribution is 2.27. The standard InChI is InChI=1S/C22H32N6O.HI/c1-4-24-22(26-10-9-25-21(29)19-7-5-6-17(2)14-19)27-12-8-18(3)20(15-27)28-13-11-23-16-28;/h5-7,11,13-14,16,18,20H,4,8-10,12,15H2,1-3H3,(H,24,26)(H,25,29);1H. The van der Waals surface area contributed by atoms with Gasteiger partial charge in [0, 0.05) is 44.1 Å². The monoisotopic (exact) mass is 524 g/mol. The minimum absolute atomic E-state index is 0. The van der Waals surface area contributed by atoms with Gasteiger partial charge in [-0.15, -0.1) is 24.0 Å². The summed E-state index contributed by atoms with van der Waals surface area (Å²) in [6, 6.07) is 8.00. The molecule has 1 aromatic heterocycles. The maximum absolute atomic E-state index is 12.3. The minimum Gasteiger partial charge on any atom is -0.357 e. The number of rotatable bonds is 6. The van der Waals surface area contributed by atoms with E-state index >= 15 is 0 Å². The van der Waals surface area contributed by atoms with Gasteiger partial charge in [-0.2, -0.15) is 0 Å². The lowest BCUT2D eigenvalue weighted by molar-refractivity contribution is 0.0954. The molecule has 1 amide bonds. The Kier molecular flexibility index (Phi) is 9.61. The van der Waals surface area contributed by atoms with Gasteiger partial charge in [0.05, 0.1) is 18.9 Å². The molecule has 2 N–H and O–H groups in total. The van der Waals surface area contributed by atoms with Crippen LogP contribution in [0, 0.1) is 12.8 Å². The third kappa shape index (κ3) is 6.45. The molecule has 7 nitrogen and oxygen atoms in total. The van der Waals surface area contributed by atoms with E-state index in [1.165, 1.54) is 0 Å². The second kappa shape index (κ2) is 11.9. The Hall–Kier alpha value is -2.10. The van der Waals surface area contributed by atoms with Crippen LogP contribution in [0.3, 0.4) is 0 Å². The number of likely N-dealkylation sites (tertiary alicyclic amines) is 1. The van der Waals surface area contributed by atoms with E-state index in [1.807, 2.05) is 49.9 Å². The molecule has 0 radical (unpaired) electrons. The summed E-state index contributed by atoms with van der Waals surface area (Å²) in [5.41, 5.74) is 1.77. The van der Waals surface area contributed by atoms with Crippen LogP contribution < -0.4 is 10.6 Å². The smallest absolute Gasteiger partial charge is 0.251 e. The van der Waals surface area contributed by atoms with Gasteiger partial charge in [0.15, 0.2) is 5.96 Å². The van der Waals surface area contributed by atoms with Crippen molar-refractivity contribution in [3.05, 3.63) is 54.1 Å². The number of aliphatic imine (C=N–C) groups is 1. The molecule has 1 saturated heterocycles. The van der Waals surface area contributed by atoms with Gasteiger partial charge in [0.2, 0.25) is 0 Å². The van der Waals surface area contributed by atoms with Crippen LogP contribution in [0.25, 0.3) is 0 Å². The van der Waals surface area contributed by atoms with E-state index in [4.69, 9.17) is 4.99 Å². The Balaban J connectivity index is 0.00000320. The van der Waals surface area contributed by atoms with Crippen molar-refractivity contribution in [3.8, 4) is 0 Å². The number of nitrogens with one attached hydrogen (secondary N) is 2. The number of amides is 1. The van der Waals surface area contributed by atoms with Crippen molar-refractivity contribution >= 4 is 35.8 Å². The molecule has 1 aliphatic rings.